The number of hydrogen-bond donors (Lipinski definition) is 2. The number of H-pyrrole nitrogens is 1. The lowest BCUT2D eigenvalue weighted by Gasteiger charge is -2.08. The molecule has 3 aromatic rings. The molecule has 1 heterocycles. The van der Waals surface area contributed by atoms with Crippen LogP contribution < -0.4 is 10.3 Å². The summed E-state index contributed by atoms with van der Waals surface area (Å²) < 4.78 is 27.1. The number of benzene rings is 2. The number of pyridine rings is 1. The van der Waals surface area contributed by atoms with Gasteiger partial charge in [0.05, 0.1) is 10.5 Å². The van der Waals surface area contributed by atoms with Gasteiger partial charge in [0, 0.05) is 17.6 Å². The van der Waals surface area contributed by atoms with E-state index in [2.05, 4.69) is 9.71 Å². The Morgan fingerprint density at radius 3 is 2.60 bits per heavy atom. The fraction of sp³-hybridized carbons (Fsp3) is 0.111. The van der Waals surface area contributed by atoms with E-state index >= 15 is 0 Å². The van der Waals surface area contributed by atoms with E-state index in [1.807, 2.05) is 30.3 Å². The summed E-state index contributed by atoms with van der Waals surface area (Å²) in [5.41, 5.74) is 1.07. The molecular formula is C18H15N3O3S. The molecule has 25 heavy (non-hydrogen) atoms. The minimum Gasteiger partial charge on any atom is -0.322 e. The number of hydrogen-bond acceptors (Lipinski definition) is 4. The van der Waals surface area contributed by atoms with E-state index in [1.165, 1.54) is 12.1 Å². The van der Waals surface area contributed by atoms with Crippen molar-refractivity contribution < 1.29 is 8.42 Å². The van der Waals surface area contributed by atoms with Crippen LogP contribution in [0.3, 0.4) is 0 Å². The monoisotopic (exact) mass is 353 g/mol. The van der Waals surface area contributed by atoms with Crippen LogP contribution in [0.1, 0.15) is 11.1 Å². The SMILES string of the molecule is N#Cc1ccccc1S(=O)(=O)NCCc1cc2ccccc2[nH]c1=O. The maximum Gasteiger partial charge on any atom is 0.251 e. The average Bonchev–Trinajstić information content (AvgIpc) is 2.62. The molecule has 2 aromatic carbocycles. The number of fused-ring (bicyclic) bond motifs is 1. The summed E-state index contributed by atoms with van der Waals surface area (Å²) in [5, 5.41) is 9.92. The van der Waals surface area contributed by atoms with Gasteiger partial charge in [-0.3, -0.25) is 4.79 Å². The lowest BCUT2D eigenvalue weighted by molar-refractivity contribution is 0.581. The van der Waals surface area contributed by atoms with Gasteiger partial charge in [-0.25, -0.2) is 13.1 Å². The van der Waals surface area contributed by atoms with E-state index in [0.29, 0.717) is 5.56 Å². The number of nitrogens with one attached hydrogen (secondary N) is 2. The van der Waals surface area contributed by atoms with Crippen molar-refractivity contribution in [1.82, 2.24) is 9.71 Å². The molecule has 0 fully saturated rings. The third-order valence-electron chi connectivity index (χ3n) is 3.81. The first-order valence-electron chi connectivity index (χ1n) is 7.61. The zero-order valence-electron chi connectivity index (χ0n) is 13.2. The van der Waals surface area contributed by atoms with Crippen molar-refractivity contribution in [3.63, 3.8) is 0 Å². The maximum atomic E-state index is 12.4. The van der Waals surface area contributed by atoms with Crippen molar-refractivity contribution in [2.24, 2.45) is 0 Å². The summed E-state index contributed by atoms with van der Waals surface area (Å²) in [6.07, 6.45) is 0.244. The highest BCUT2D eigenvalue weighted by Gasteiger charge is 2.17. The topological polar surface area (TPSA) is 103 Å². The van der Waals surface area contributed by atoms with Crippen LogP contribution in [0.4, 0.5) is 0 Å². The highest BCUT2D eigenvalue weighted by molar-refractivity contribution is 7.89. The van der Waals surface area contributed by atoms with E-state index < -0.39 is 10.0 Å². The van der Waals surface area contributed by atoms with Gasteiger partial charge in [-0.15, -0.1) is 0 Å². The Balaban J connectivity index is 1.78. The number of para-hydroxylation sites is 1. The fourth-order valence-electron chi connectivity index (χ4n) is 2.57. The Kier molecular flexibility index (Phi) is 4.65. The predicted octanol–water partition coefficient (Wildman–Crippen LogP) is 1.92. The van der Waals surface area contributed by atoms with Gasteiger partial charge >= 0.3 is 0 Å². The molecule has 0 saturated carbocycles. The van der Waals surface area contributed by atoms with Crippen LogP contribution in [0.15, 0.2) is 64.3 Å². The largest absolute Gasteiger partial charge is 0.322 e. The molecule has 0 spiro atoms. The van der Waals surface area contributed by atoms with E-state index in [1.54, 1.807) is 18.2 Å². The summed E-state index contributed by atoms with van der Waals surface area (Å²) in [6.45, 7) is 0.0590. The van der Waals surface area contributed by atoms with Crippen molar-refractivity contribution in [3.05, 3.63) is 76.1 Å². The molecule has 126 valence electrons. The van der Waals surface area contributed by atoms with Crippen LogP contribution in [0.5, 0.6) is 0 Å². The predicted molar refractivity (Wildman–Crippen MR) is 94.6 cm³/mol. The second-order valence-corrected chi connectivity index (χ2v) is 7.20. The Morgan fingerprint density at radius 1 is 1.08 bits per heavy atom. The van der Waals surface area contributed by atoms with Crippen LogP contribution >= 0.6 is 0 Å². The second-order valence-electron chi connectivity index (χ2n) is 5.47. The fourth-order valence-corrected chi connectivity index (χ4v) is 3.76. The third-order valence-corrected chi connectivity index (χ3v) is 5.33. The van der Waals surface area contributed by atoms with Crippen molar-refractivity contribution in [2.75, 3.05) is 6.54 Å². The molecule has 0 aliphatic carbocycles. The molecule has 0 atom stereocenters. The average molecular weight is 353 g/mol. The van der Waals surface area contributed by atoms with Crippen molar-refractivity contribution in [2.45, 2.75) is 11.3 Å². The highest BCUT2D eigenvalue weighted by atomic mass is 32.2. The van der Waals surface area contributed by atoms with Gasteiger partial charge in [0.2, 0.25) is 10.0 Å². The molecule has 0 aliphatic heterocycles. The Hall–Kier alpha value is -2.95. The number of nitrogens with zero attached hydrogens (tertiary/aromatic N) is 1. The minimum atomic E-state index is -3.81. The highest BCUT2D eigenvalue weighted by Crippen LogP contribution is 2.14. The van der Waals surface area contributed by atoms with Crippen LogP contribution in [-0.4, -0.2) is 19.9 Å². The van der Waals surface area contributed by atoms with E-state index in [-0.39, 0.29) is 29.0 Å². The van der Waals surface area contributed by atoms with Crippen LogP contribution in [-0.2, 0) is 16.4 Å². The van der Waals surface area contributed by atoms with Gasteiger partial charge in [-0.2, -0.15) is 5.26 Å². The maximum absolute atomic E-state index is 12.4. The number of sulfonamides is 1. The smallest absolute Gasteiger partial charge is 0.251 e. The zero-order valence-corrected chi connectivity index (χ0v) is 14.0. The minimum absolute atomic E-state index is 0.0590. The summed E-state index contributed by atoms with van der Waals surface area (Å²) in [7, 11) is -3.81. The number of aromatic amines is 1. The van der Waals surface area contributed by atoms with Crippen molar-refractivity contribution >= 4 is 20.9 Å². The van der Waals surface area contributed by atoms with Gasteiger partial charge in [0.15, 0.2) is 0 Å². The summed E-state index contributed by atoms with van der Waals surface area (Å²) in [4.78, 5) is 14.8. The molecule has 1 aromatic heterocycles. The standard InChI is InChI=1S/C18H15N3O3S/c19-12-15-6-2-4-8-17(15)25(23,24)20-10-9-14-11-13-5-1-3-7-16(13)21-18(14)22/h1-8,11,20H,9-10H2,(H,21,22). The molecule has 2 N–H and O–H groups in total. The molecule has 0 amide bonds. The quantitative estimate of drug-likeness (QED) is 0.731. The Bertz CT molecular complexity index is 1130. The van der Waals surface area contributed by atoms with Crippen LogP contribution in [0, 0.1) is 11.3 Å². The van der Waals surface area contributed by atoms with Gasteiger partial charge in [-0.1, -0.05) is 30.3 Å². The number of nitriles is 1. The zero-order chi connectivity index (χ0) is 17.9. The first kappa shape index (κ1) is 16.9. The van der Waals surface area contributed by atoms with Crippen molar-refractivity contribution in [3.8, 4) is 6.07 Å². The van der Waals surface area contributed by atoms with Gasteiger partial charge in [0.25, 0.3) is 5.56 Å². The number of rotatable bonds is 5. The van der Waals surface area contributed by atoms with Gasteiger partial charge in [0.1, 0.15) is 6.07 Å². The Labute approximate surface area is 144 Å². The molecule has 6 nitrogen and oxygen atoms in total. The molecule has 7 heteroatoms. The molecule has 0 radical (unpaired) electrons. The first-order chi connectivity index (χ1) is 12.0. The summed E-state index contributed by atoms with van der Waals surface area (Å²) in [6, 6.07) is 17.0. The summed E-state index contributed by atoms with van der Waals surface area (Å²) >= 11 is 0. The van der Waals surface area contributed by atoms with Crippen molar-refractivity contribution in [1.29, 1.82) is 5.26 Å². The van der Waals surface area contributed by atoms with E-state index in [9.17, 15) is 13.2 Å². The molecular weight excluding hydrogens is 338 g/mol. The number of aromatic nitrogens is 1. The second kappa shape index (κ2) is 6.89. The lowest BCUT2D eigenvalue weighted by Crippen LogP contribution is -2.28. The van der Waals surface area contributed by atoms with Gasteiger partial charge in [-0.05, 0) is 36.1 Å². The summed E-state index contributed by atoms with van der Waals surface area (Å²) in [5.74, 6) is 0. The first-order valence-corrected chi connectivity index (χ1v) is 9.09. The normalized spacial score (nSPS) is 11.3. The van der Waals surface area contributed by atoms with Crippen LogP contribution in [0.25, 0.3) is 10.9 Å². The molecule has 0 saturated heterocycles. The molecule has 0 unspecified atom stereocenters. The van der Waals surface area contributed by atoms with Gasteiger partial charge < -0.3 is 4.98 Å². The third kappa shape index (κ3) is 3.60. The van der Waals surface area contributed by atoms with Crippen LogP contribution in [0.2, 0.25) is 0 Å². The van der Waals surface area contributed by atoms with E-state index in [0.717, 1.165) is 10.9 Å². The molecule has 3 rings (SSSR count). The lowest BCUT2D eigenvalue weighted by atomic mass is 10.1. The molecule has 0 bridgehead atoms. The van der Waals surface area contributed by atoms with E-state index in [4.69, 9.17) is 5.26 Å². The molecule has 0 aliphatic rings. The Morgan fingerprint density at radius 2 is 1.80 bits per heavy atom.